The lowest BCUT2D eigenvalue weighted by Crippen LogP contribution is -2.29. The molecule has 0 saturated heterocycles. The number of hydrogen-bond donors (Lipinski definition) is 2. The van der Waals surface area contributed by atoms with Crippen molar-refractivity contribution in [1.82, 2.24) is 10.6 Å². The summed E-state index contributed by atoms with van der Waals surface area (Å²) in [6.45, 7) is 5.11. The van der Waals surface area contributed by atoms with Crippen LogP contribution in [0.25, 0.3) is 0 Å². The number of hydrogen-bond acceptors (Lipinski definition) is 4. The summed E-state index contributed by atoms with van der Waals surface area (Å²) in [6, 6.07) is 5.88. The number of terminal acetylenes is 1. The van der Waals surface area contributed by atoms with Crippen molar-refractivity contribution >= 4 is 5.91 Å². The van der Waals surface area contributed by atoms with Crippen LogP contribution in [0.5, 0.6) is 11.5 Å². The van der Waals surface area contributed by atoms with Crippen molar-refractivity contribution in [2.45, 2.75) is 19.9 Å². The first-order chi connectivity index (χ1) is 10.1. The number of methoxy groups -OCH3 is 1. The minimum absolute atomic E-state index is 0.0971. The maximum absolute atomic E-state index is 11.5. The van der Waals surface area contributed by atoms with Gasteiger partial charge in [0.05, 0.1) is 13.7 Å². The van der Waals surface area contributed by atoms with Crippen LogP contribution in [0, 0.1) is 12.3 Å². The van der Waals surface area contributed by atoms with E-state index in [9.17, 15) is 4.79 Å². The van der Waals surface area contributed by atoms with Crippen LogP contribution in [0.3, 0.4) is 0 Å². The van der Waals surface area contributed by atoms with Gasteiger partial charge >= 0.3 is 0 Å². The van der Waals surface area contributed by atoms with E-state index in [2.05, 4.69) is 30.4 Å². The van der Waals surface area contributed by atoms with E-state index in [4.69, 9.17) is 15.9 Å². The van der Waals surface area contributed by atoms with Gasteiger partial charge in [0, 0.05) is 6.04 Å². The lowest BCUT2D eigenvalue weighted by Gasteiger charge is -2.16. The van der Waals surface area contributed by atoms with Crippen LogP contribution < -0.4 is 20.1 Å². The highest BCUT2D eigenvalue weighted by Crippen LogP contribution is 2.30. The Bertz CT molecular complexity index is 509. The molecule has 1 atom stereocenters. The van der Waals surface area contributed by atoms with E-state index in [-0.39, 0.29) is 25.1 Å². The van der Waals surface area contributed by atoms with Gasteiger partial charge in [-0.2, -0.15) is 0 Å². The number of rotatable bonds is 8. The molecule has 0 fully saturated rings. The Hall–Kier alpha value is -2.19. The Kier molecular flexibility index (Phi) is 7.13. The molecule has 0 spiro atoms. The average Bonchev–Trinajstić information content (AvgIpc) is 2.50. The van der Waals surface area contributed by atoms with Gasteiger partial charge in [0.2, 0.25) is 0 Å². The third-order valence-corrected chi connectivity index (χ3v) is 2.94. The van der Waals surface area contributed by atoms with Crippen molar-refractivity contribution < 1.29 is 14.3 Å². The van der Waals surface area contributed by atoms with Gasteiger partial charge in [0.15, 0.2) is 18.1 Å². The van der Waals surface area contributed by atoms with E-state index >= 15 is 0 Å². The van der Waals surface area contributed by atoms with E-state index in [1.54, 1.807) is 13.2 Å². The molecular formula is C16H22N2O3. The zero-order chi connectivity index (χ0) is 15.7. The minimum atomic E-state index is -0.264. The first-order valence-electron chi connectivity index (χ1n) is 6.86. The Labute approximate surface area is 126 Å². The van der Waals surface area contributed by atoms with Crippen LogP contribution >= 0.6 is 0 Å². The molecule has 5 nitrogen and oxygen atoms in total. The zero-order valence-corrected chi connectivity index (χ0v) is 12.7. The molecule has 0 heterocycles. The van der Waals surface area contributed by atoms with Crippen molar-refractivity contribution in [3.8, 4) is 23.8 Å². The van der Waals surface area contributed by atoms with Crippen molar-refractivity contribution in [3.05, 3.63) is 23.8 Å². The Morgan fingerprint density at radius 1 is 1.43 bits per heavy atom. The van der Waals surface area contributed by atoms with E-state index in [0.717, 1.165) is 12.1 Å². The maximum Gasteiger partial charge on any atom is 0.258 e. The molecule has 0 bridgehead atoms. The summed E-state index contributed by atoms with van der Waals surface area (Å²) in [6.07, 6.45) is 5.07. The standard InChI is InChI=1S/C16H22N2O3/c1-5-9-18-16(19)11-21-14-8-7-13(10-15(14)20-4)12(3)17-6-2/h1,7-8,10,12,17H,6,9,11H2,2-4H3,(H,18,19). The third kappa shape index (κ3) is 5.36. The third-order valence-electron chi connectivity index (χ3n) is 2.94. The molecule has 0 aromatic heterocycles. The topological polar surface area (TPSA) is 59.6 Å². The largest absolute Gasteiger partial charge is 0.493 e. The van der Waals surface area contributed by atoms with Crippen LogP contribution in [0.2, 0.25) is 0 Å². The number of benzene rings is 1. The molecule has 0 aliphatic heterocycles. The molecule has 0 radical (unpaired) electrons. The molecule has 0 aliphatic carbocycles. The molecule has 2 N–H and O–H groups in total. The summed E-state index contributed by atoms with van der Waals surface area (Å²) in [7, 11) is 1.57. The van der Waals surface area contributed by atoms with Crippen molar-refractivity contribution in [2.75, 3.05) is 26.8 Å². The smallest absolute Gasteiger partial charge is 0.258 e. The summed E-state index contributed by atoms with van der Waals surface area (Å²) in [5, 5.41) is 5.86. The monoisotopic (exact) mass is 290 g/mol. The van der Waals surface area contributed by atoms with Crippen LogP contribution in [0.15, 0.2) is 18.2 Å². The Morgan fingerprint density at radius 3 is 2.81 bits per heavy atom. The number of ether oxygens (including phenoxy) is 2. The highest BCUT2D eigenvalue weighted by molar-refractivity contribution is 5.77. The fraction of sp³-hybridized carbons (Fsp3) is 0.438. The number of nitrogens with one attached hydrogen (secondary N) is 2. The average molecular weight is 290 g/mol. The molecule has 0 aliphatic rings. The van der Waals surface area contributed by atoms with Crippen LogP contribution in [-0.4, -0.2) is 32.7 Å². The van der Waals surface area contributed by atoms with E-state index < -0.39 is 0 Å². The van der Waals surface area contributed by atoms with E-state index in [1.807, 2.05) is 12.1 Å². The quantitative estimate of drug-likeness (QED) is 0.712. The molecule has 5 heteroatoms. The maximum atomic E-state index is 11.5. The Balaban J connectivity index is 2.71. The van der Waals surface area contributed by atoms with Crippen LogP contribution in [-0.2, 0) is 4.79 Å². The fourth-order valence-electron chi connectivity index (χ4n) is 1.84. The lowest BCUT2D eigenvalue weighted by molar-refractivity contribution is -0.122. The lowest BCUT2D eigenvalue weighted by atomic mass is 10.1. The molecular weight excluding hydrogens is 268 g/mol. The zero-order valence-electron chi connectivity index (χ0n) is 12.7. The fourth-order valence-corrected chi connectivity index (χ4v) is 1.84. The van der Waals surface area contributed by atoms with Crippen LogP contribution in [0.4, 0.5) is 0 Å². The SMILES string of the molecule is C#CCNC(=O)COc1ccc(C(C)NCC)cc1OC. The summed E-state index contributed by atoms with van der Waals surface area (Å²) in [5.74, 6) is 3.20. The summed E-state index contributed by atoms with van der Waals surface area (Å²) in [5.41, 5.74) is 1.10. The molecule has 1 rings (SSSR count). The van der Waals surface area contributed by atoms with Gasteiger partial charge in [-0.1, -0.05) is 18.9 Å². The Morgan fingerprint density at radius 2 is 2.19 bits per heavy atom. The molecule has 1 amide bonds. The molecule has 1 aromatic rings. The van der Waals surface area contributed by atoms with E-state index in [1.165, 1.54) is 0 Å². The first-order valence-corrected chi connectivity index (χ1v) is 6.86. The predicted octanol–water partition coefficient (Wildman–Crippen LogP) is 1.49. The second kappa shape index (κ2) is 8.88. The van der Waals surface area contributed by atoms with Gasteiger partial charge < -0.3 is 20.1 Å². The van der Waals surface area contributed by atoms with Gasteiger partial charge in [-0.15, -0.1) is 6.42 Å². The number of carbonyl (C=O) groups excluding carboxylic acids is 1. The van der Waals surface area contributed by atoms with Gasteiger partial charge in [-0.3, -0.25) is 4.79 Å². The van der Waals surface area contributed by atoms with Crippen molar-refractivity contribution in [2.24, 2.45) is 0 Å². The summed E-state index contributed by atoms with van der Waals surface area (Å²) in [4.78, 5) is 11.5. The summed E-state index contributed by atoms with van der Waals surface area (Å²) < 4.78 is 10.8. The van der Waals surface area contributed by atoms with Gasteiger partial charge in [-0.25, -0.2) is 0 Å². The second-order valence-electron chi connectivity index (χ2n) is 4.46. The molecule has 114 valence electrons. The van der Waals surface area contributed by atoms with Gasteiger partial charge in [0.1, 0.15) is 0 Å². The molecule has 21 heavy (non-hydrogen) atoms. The van der Waals surface area contributed by atoms with Crippen molar-refractivity contribution in [3.63, 3.8) is 0 Å². The predicted molar refractivity (Wildman–Crippen MR) is 82.4 cm³/mol. The number of carbonyl (C=O) groups is 1. The number of amides is 1. The summed E-state index contributed by atoms with van der Waals surface area (Å²) >= 11 is 0. The minimum Gasteiger partial charge on any atom is -0.493 e. The highest BCUT2D eigenvalue weighted by atomic mass is 16.5. The van der Waals surface area contributed by atoms with E-state index in [0.29, 0.717) is 11.5 Å². The second-order valence-corrected chi connectivity index (χ2v) is 4.46. The van der Waals surface area contributed by atoms with Gasteiger partial charge in [0.25, 0.3) is 5.91 Å². The molecule has 0 saturated carbocycles. The normalized spacial score (nSPS) is 11.3. The van der Waals surface area contributed by atoms with Gasteiger partial charge in [-0.05, 0) is 31.2 Å². The molecule has 1 unspecified atom stereocenters. The van der Waals surface area contributed by atoms with Crippen molar-refractivity contribution in [1.29, 1.82) is 0 Å². The molecule has 1 aromatic carbocycles. The highest BCUT2D eigenvalue weighted by Gasteiger charge is 2.11. The van der Waals surface area contributed by atoms with Crippen LogP contribution in [0.1, 0.15) is 25.5 Å². The first kappa shape index (κ1) is 16.9.